The molecule has 1 N–H and O–H groups in total. The van der Waals surface area contributed by atoms with Crippen molar-refractivity contribution in [3.63, 3.8) is 0 Å². The van der Waals surface area contributed by atoms with Gasteiger partial charge in [-0.3, -0.25) is 9.69 Å². The Hall–Kier alpha value is -2.04. The first-order valence-electron chi connectivity index (χ1n) is 9.78. The van der Waals surface area contributed by atoms with Gasteiger partial charge in [0.05, 0.1) is 5.60 Å². The Kier molecular flexibility index (Phi) is 6.75. The van der Waals surface area contributed by atoms with Crippen LogP contribution < -0.4 is 0 Å². The van der Waals surface area contributed by atoms with Crippen molar-refractivity contribution >= 4 is 5.78 Å². The summed E-state index contributed by atoms with van der Waals surface area (Å²) in [6.07, 6.45) is 1.97. The number of carbonyl (C=O) groups excluding carboxylic acids is 1. The number of carbonyl (C=O) groups is 1. The lowest BCUT2D eigenvalue weighted by Crippen LogP contribution is -2.47. The number of Topliss-reactive ketones (excluding diaryl/α,β-unsaturated/α-hetero) is 1. The Morgan fingerprint density at radius 1 is 1.04 bits per heavy atom. The van der Waals surface area contributed by atoms with Crippen molar-refractivity contribution in [2.24, 2.45) is 0 Å². The number of rotatable bonds is 8. The second-order valence-electron chi connectivity index (χ2n) is 7.51. The van der Waals surface area contributed by atoms with E-state index in [0.29, 0.717) is 37.9 Å². The van der Waals surface area contributed by atoms with E-state index >= 15 is 0 Å². The minimum Gasteiger partial charge on any atom is -0.390 e. The van der Waals surface area contributed by atoms with Crippen molar-refractivity contribution in [2.45, 2.75) is 50.4 Å². The highest BCUT2D eigenvalue weighted by Crippen LogP contribution is 2.29. The molecule has 2 aromatic carbocycles. The average Bonchev–Trinajstić information content (AvgIpc) is 2.72. The summed E-state index contributed by atoms with van der Waals surface area (Å²) in [6.45, 7) is 1.07. The van der Waals surface area contributed by atoms with Gasteiger partial charge in [0.2, 0.25) is 0 Å². The molecule has 0 aromatic heterocycles. The van der Waals surface area contributed by atoms with E-state index in [1.807, 2.05) is 36.4 Å². The summed E-state index contributed by atoms with van der Waals surface area (Å²) in [5.41, 5.74) is 1.14. The van der Waals surface area contributed by atoms with Crippen molar-refractivity contribution in [3.8, 4) is 0 Å². The molecule has 0 spiro atoms. The van der Waals surface area contributed by atoms with E-state index in [-0.39, 0.29) is 18.6 Å². The minimum atomic E-state index is -1.13. The zero-order valence-electron chi connectivity index (χ0n) is 15.7. The molecule has 0 radical (unpaired) electrons. The van der Waals surface area contributed by atoms with Gasteiger partial charge in [-0.1, -0.05) is 60.7 Å². The number of aryl methyl sites for hydroxylation is 1. The fourth-order valence-electron chi connectivity index (χ4n) is 3.69. The Balaban J connectivity index is 1.42. The number of halogens is 1. The standard InChI is InChI=1S/C23H28FNO2/c24-22(12-11-21(26)20-9-5-2-6-10-20)25-17-15-23(27,16-18-25)14-13-19-7-3-1-4-8-19/h1-10,22,27H,11-18H2. The van der Waals surface area contributed by atoms with Crippen molar-refractivity contribution < 1.29 is 14.3 Å². The van der Waals surface area contributed by atoms with Gasteiger partial charge in [-0.05, 0) is 37.7 Å². The smallest absolute Gasteiger partial charge is 0.163 e. The summed E-state index contributed by atoms with van der Waals surface area (Å²) < 4.78 is 14.6. The van der Waals surface area contributed by atoms with Crippen LogP contribution in [-0.2, 0) is 6.42 Å². The number of nitrogens with zero attached hydrogens (tertiary/aromatic N) is 1. The first kappa shape index (κ1) is 19.7. The number of benzene rings is 2. The highest BCUT2D eigenvalue weighted by molar-refractivity contribution is 5.95. The fraction of sp³-hybridized carbons (Fsp3) is 0.435. The van der Waals surface area contributed by atoms with E-state index in [9.17, 15) is 14.3 Å². The van der Waals surface area contributed by atoms with Gasteiger partial charge in [-0.25, -0.2) is 4.39 Å². The molecule has 0 saturated carbocycles. The Morgan fingerprint density at radius 3 is 2.26 bits per heavy atom. The largest absolute Gasteiger partial charge is 0.390 e. The van der Waals surface area contributed by atoms with Crippen LogP contribution in [0.5, 0.6) is 0 Å². The van der Waals surface area contributed by atoms with Crippen LogP contribution in [0.15, 0.2) is 60.7 Å². The Bertz CT molecular complexity index is 712. The van der Waals surface area contributed by atoms with E-state index < -0.39 is 11.9 Å². The topological polar surface area (TPSA) is 40.5 Å². The molecule has 144 valence electrons. The molecule has 1 saturated heterocycles. The summed E-state index contributed by atoms with van der Waals surface area (Å²) in [5.74, 6) is -0.0189. The first-order chi connectivity index (χ1) is 13.1. The molecule has 1 heterocycles. The number of ketones is 1. The van der Waals surface area contributed by atoms with Gasteiger partial charge in [-0.15, -0.1) is 0 Å². The zero-order chi connectivity index (χ0) is 19.1. The lowest BCUT2D eigenvalue weighted by Gasteiger charge is -2.39. The predicted octanol–water partition coefficient (Wildman–Crippen LogP) is 4.40. The van der Waals surface area contributed by atoms with Crippen molar-refractivity contribution in [3.05, 3.63) is 71.8 Å². The third kappa shape index (κ3) is 5.72. The molecular formula is C23H28FNO2. The number of likely N-dealkylation sites (tertiary alicyclic amines) is 1. The second kappa shape index (κ2) is 9.25. The summed E-state index contributed by atoms with van der Waals surface area (Å²) in [4.78, 5) is 13.9. The van der Waals surface area contributed by atoms with Gasteiger partial charge >= 0.3 is 0 Å². The minimum absolute atomic E-state index is 0.0189. The van der Waals surface area contributed by atoms with Gasteiger partial charge in [0.25, 0.3) is 0 Å². The molecule has 3 rings (SSSR count). The third-order valence-corrected chi connectivity index (χ3v) is 5.55. The van der Waals surface area contributed by atoms with Crippen LogP contribution >= 0.6 is 0 Å². The van der Waals surface area contributed by atoms with E-state index in [0.717, 1.165) is 6.42 Å². The molecule has 3 nitrogen and oxygen atoms in total. The molecule has 1 fully saturated rings. The van der Waals surface area contributed by atoms with E-state index in [1.54, 1.807) is 17.0 Å². The summed E-state index contributed by atoms with van der Waals surface area (Å²) >= 11 is 0. The van der Waals surface area contributed by atoms with Gasteiger partial charge in [-0.2, -0.15) is 0 Å². The van der Waals surface area contributed by atoms with Crippen molar-refractivity contribution in [2.75, 3.05) is 13.1 Å². The quantitative estimate of drug-likeness (QED) is 0.554. The van der Waals surface area contributed by atoms with Crippen LogP contribution in [0.3, 0.4) is 0 Å². The number of alkyl halides is 1. The van der Waals surface area contributed by atoms with Crippen molar-refractivity contribution in [1.82, 2.24) is 4.90 Å². The molecule has 0 amide bonds. The van der Waals surface area contributed by atoms with Gasteiger partial charge in [0, 0.05) is 25.1 Å². The summed E-state index contributed by atoms with van der Waals surface area (Å²) in [7, 11) is 0. The second-order valence-corrected chi connectivity index (χ2v) is 7.51. The lowest BCUT2D eigenvalue weighted by molar-refractivity contribution is -0.0558. The van der Waals surface area contributed by atoms with Crippen LogP contribution in [0, 0.1) is 0 Å². The maximum atomic E-state index is 14.6. The third-order valence-electron chi connectivity index (χ3n) is 5.55. The van der Waals surface area contributed by atoms with Crippen LogP contribution in [0.2, 0.25) is 0 Å². The molecule has 0 bridgehead atoms. The molecular weight excluding hydrogens is 341 g/mol. The highest BCUT2D eigenvalue weighted by atomic mass is 19.1. The highest BCUT2D eigenvalue weighted by Gasteiger charge is 2.34. The van der Waals surface area contributed by atoms with E-state index in [4.69, 9.17) is 0 Å². The Morgan fingerprint density at radius 2 is 1.63 bits per heavy atom. The van der Waals surface area contributed by atoms with E-state index in [1.165, 1.54) is 5.56 Å². The predicted molar refractivity (Wildman–Crippen MR) is 105 cm³/mol. The number of hydrogen-bond acceptors (Lipinski definition) is 3. The van der Waals surface area contributed by atoms with E-state index in [2.05, 4.69) is 12.1 Å². The molecule has 4 heteroatoms. The average molecular weight is 369 g/mol. The maximum absolute atomic E-state index is 14.6. The summed E-state index contributed by atoms with van der Waals surface area (Å²) in [5, 5.41) is 10.8. The Labute approximate surface area is 160 Å². The molecule has 1 aliphatic rings. The van der Waals surface area contributed by atoms with Gasteiger partial charge in [0.1, 0.15) is 0 Å². The van der Waals surface area contributed by atoms with Crippen LogP contribution in [-0.4, -0.2) is 40.8 Å². The molecule has 0 aliphatic carbocycles. The van der Waals surface area contributed by atoms with Crippen LogP contribution in [0.1, 0.15) is 48.0 Å². The van der Waals surface area contributed by atoms with Gasteiger partial charge < -0.3 is 5.11 Å². The fourth-order valence-corrected chi connectivity index (χ4v) is 3.69. The number of aliphatic hydroxyl groups is 1. The molecule has 1 atom stereocenters. The van der Waals surface area contributed by atoms with Crippen LogP contribution in [0.4, 0.5) is 4.39 Å². The molecule has 1 unspecified atom stereocenters. The number of hydrogen-bond donors (Lipinski definition) is 1. The maximum Gasteiger partial charge on any atom is 0.163 e. The first-order valence-corrected chi connectivity index (χ1v) is 9.78. The lowest BCUT2D eigenvalue weighted by atomic mass is 9.85. The SMILES string of the molecule is O=C(CCC(F)N1CCC(O)(CCc2ccccc2)CC1)c1ccccc1. The summed E-state index contributed by atoms with van der Waals surface area (Å²) in [6, 6.07) is 19.2. The molecule has 1 aliphatic heterocycles. The molecule has 2 aromatic rings. The monoisotopic (exact) mass is 369 g/mol. The van der Waals surface area contributed by atoms with Gasteiger partial charge in [0.15, 0.2) is 12.1 Å². The van der Waals surface area contributed by atoms with Crippen molar-refractivity contribution in [1.29, 1.82) is 0 Å². The zero-order valence-corrected chi connectivity index (χ0v) is 15.7. The normalized spacial score (nSPS) is 18.1. The number of piperidine rings is 1. The molecule has 27 heavy (non-hydrogen) atoms. The van der Waals surface area contributed by atoms with Crippen LogP contribution in [0.25, 0.3) is 0 Å².